The third kappa shape index (κ3) is 3.99. The predicted octanol–water partition coefficient (Wildman–Crippen LogP) is 6.11. The van der Waals surface area contributed by atoms with Crippen molar-refractivity contribution in [3.8, 4) is 23.3 Å². The average molecular weight is 499 g/mol. The molecule has 5 nitrogen and oxygen atoms in total. The standard InChI is InChI=1S/C27H19BrN2O3/c28-23-12-19(26-21-9-8-20(31)13-25(21)33-27(30)22(26)14-29)7-10-24(23)32-15-16-5-6-17-3-1-2-4-18(17)11-16/h1-13,26,31H,15,30H2/t26-/m0/s1. The number of rotatable bonds is 4. The van der Waals surface area contributed by atoms with Crippen LogP contribution < -0.4 is 15.2 Å². The molecule has 4 aromatic carbocycles. The Balaban J connectivity index is 1.43. The highest BCUT2D eigenvalue weighted by atomic mass is 79.9. The van der Waals surface area contributed by atoms with E-state index < -0.39 is 5.92 Å². The molecule has 0 bridgehead atoms. The first-order chi connectivity index (χ1) is 16.0. The van der Waals surface area contributed by atoms with Crippen LogP contribution in [0.1, 0.15) is 22.6 Å². The van der Waals surface area contributed by atoms with E-state index in [2.05, 4.69) is 52.3 Å². The number of aromatic hydroxyl groups is 1. The molecule has 0 amide bonds. The second-order valence-corrected chi connectivity index (χ2v) is 8.66. The molecule has 33 heavy (non-hydrogen) atoms. The molecule has 1 heterocycles. The van der Waals surface area contributed by atoms with E-state index in [4.69, 9.17) is 15.2 Å². The van der Waals surface area contributed by atoms with Gasteiger partial charge in [-0.25, -0.2) is 0 Å². The molecule has 5 rings (SSSR count). The van der Waals surface area contributed by atoms with Crippen LogP contribution in [0.2, 0.25) is 0 Å². The summed E-state index contributed by atoms with van der Waals surface area (Å²) in [6.45, 7) is 0.429. The Bertz CT molecular complexity index is 1460. The molecule has 0 fully saturated rings. The minimum atomic E-state index is -0.412. The van der Waals surface area contributed by atoms with Crippen molar-refractivity contribution in [2.75, 3.05) is 0 Å². The van der Waals surface area contributed by atoms with Gasteiger partial charge >= 0.3 is 0 Å². The highest BCUT2D eigenvalue weighted by Gasteiger charge is 2.31. The largest absolute Gasteiger partial charge is 0.508 e. The number of hydrogen-bond acceptors (Lipinski definition) is 5. The molecule has 0 saturated heterocycles. The number of phenols is 1. The molecule has 162 valence electrons. The smallest absolute Gasteiger partial charge is 0.205 e. The monoisotopic (exact) mass is 498 g/mol. The highest BCUT2D eigenvalue weighted by molar-refractivity contribution is 9.10. The summed E-state index contributed by atoms with van der Waals surface area (Å²) >= 11 is 3.61. The van der Waals surface area contributed by atoms with Crippen LogP contribution in [0.3, 0.4) is 0 Å². The molecule has 4 aromatic rings. The van der Waals surface area contributed by atoms with E-state index in [9.17, 15) is 10.4 Å². The van der Waals surface area contributed by atoms with Gasteiger partial charge in [0, 0.05) is 11.6 Å². The Morgan fingerprint density at radius 3 is 2.61 bits per heavy atom. The average Bonchev–Trinajstić information content (AvgIpc) is 2.82. The normalized spacial score (nSPS) is 15.0. The van der Waals surface area contributed by atoms with Gasteiger partial charge in [-0.05, 0) is 62.1 Å². The Morgan fingerprint density at radius 1 is 1.00 bits per heavy atom. The van der Waals surface area contributed by atoms with Gasteiger partial charge in [-0.1, -0.05) is 48.5 Å². The first-order valence-electron chi connectivity index (χ1n) is 10.3. The van der Waals surface area contributed by atoms with E-state index in [0.717, 1.165) is 21.2 Å². The molecular formula is C27H19BrN2O3. The number of allylic oxidation sites excluding steroid dienone is 1. The minimum absolute atomic E-state index is 0.0355. The van der Waals surface area contributed by atoms with Crippen molar-refractivity contribution in [1.82, 2.24) is 0 Å². The molecule has 0 aliphatic carbocycles. The fourth-order valence-electron chi connectivity index (χ4n) is 4.09. The molecule has 6 heteroatoms. The molecule has 0 saturated carbocycles. The van der Waals surface area contributed by atoms with Crippen LogP contribution in [0.5, 0.6) is 17.2 Å². The minimum Gasteiger partial charge on any atom is -0.508 e. The van der Waals surface area contributed by atoms with Crippen LogP contribution in [-0.4, -0.2) is 5.11 Å². The van der Waals surface area contributed by atoms with Crippen molar-refractivity contribution in [2.45, 2.75) is 12.5 Å². The SMILES string of the molecule is N#CC1=C(N)Oc2cc(O)ccc2[C@@H]1c1ccc(OCc2ccc3ccccc3c2)c(Br)c1. The summed E-state index contributed by atoms with van der Waals surface area (Å²) in [4.78, 5) is 0. The Hall–Kier alpha value is -3.95. The number of nitrogens with zero attached hydrogens (tertiary/aromatic N) is 1. The zero-order valence-electron chi connectivity index (χ0n) is 17.5. The lowest BCUT2D eigenvalue weighted by atomic mass is 9.83. The zero-order chi connectivity index (χ0) is 22.9. The van der Waals surface area contributed by atoms with E-state index in [1.165, 1.54) is 16.8 Å². The van der Waals surface area contributed by atoms with Crippen molar-refractivity contribution >= 4 is 26.7 Å². The van der Waals surface area contributed by atoms with Crippen molar-refractivity contribution < 1.29 is 14.6 Å². The number of hydrogen-bond donors (Lipinski definition) is 2. The first kappa shape index (κ1) is 20.9. The second-order valence-electron chi connectivity index (χ2n) is 7.81. The van der Waals surface area contributed by atoms with Crippen LogP contribution in [0, 0.1) is 11.3 Å². The number of ether oxygens (including phenoxy) is 2. The number of benzene rings is 4. The number of fused-ring (bicyclic) bond motifs is 2. The van der Waals surface area contributed by atoms with Gasteiger partial charge in [0.15, 0.2) is 0 Å². The highest BCUT2D eigenvalue weighted by Crippen LogP contribution is 2.44. The summed E-state index contributed by atoms with van der Waals surface area (Å²) in [6.07, 6.45) is 0. The van der Waals surface area contributed by atoms with Crippen molar-refractivity contribution in [1.29, 1.82) is 5.26 Å². The fraction of sp³-hybridized carbons (Fsp3) is 0.0741. The lowest BCUT2D eigenvalue weighted by molar-refractivity contribution is 0.304. The van der Waals surface area contributed by atoms with Gasteiger partial charge in [0.1, 0.15) is 35.5 Å². The van der Waals surface area contributed by atoms with Gasteiger partial charge in [-0.3, -0.25) is 0 Å². The van der Waals surface area contributed by atoms with Crippen LogP contribution >= 0.6 is 15.9 Å². The van der Waals surface area contributed by atoms with E-state index in [-0.39, 0.29) is 11.6 Å². The van der Waals surface area contributed by atoms with Gasteiger partial charge in [0.25, 0.3) is 0 Å². The molecule has 1 aliphatic heterocycles. The maximum atomic E-state index is 9.82. The maximum absolute atomic E-state index is 9.82. The molecule has 3 N–H and O–H groups in total. The van der Waals surface area contributed by atoms with E-state index >= 15 is 0 Å². The fourth-order valence-corrected chi connectivity index (χ4v) is 4.60. The van der Waals surface area contributed by atoms with Crippen LogP contribution in [0.4, 0.5) is 0 Å². The van der Waals surface area contributed by atoms with Crippen molar-refractivity contribution in [3.05, 3.63) is 111 Å². The molecular weight excluding hydrogens is 480 g/mol. The van der Waals surface area contributed by atoms with Crippen LogP contribution in [0.15, 0.2) is 94.8 Å². The van der Waals surface area contributed by atoms with Gasteiger partial charge in [-0.15, -0.1) is 0 Å². The van der Waals surface area contributed by atoms with Gasteiger partial charge in [0.05, 0.1) is 10.4 Å². The second kappa shape index (κ2) is 8.53. The van der Waals surface area contributed by atoms with E-state index in [0.29, 0.717) is 23.7 Å². The zero-order valence-corrected chi connectivity index (χ0v) is 19.0. The quantitative estimate of drug-likeness (QED) is 0.354. The van der Waals surface area contributed by atoms with E-state index in [1.54, 1.807) is 12.1 Å². The number of nitriles is 1. The molecule has 0 aromatic heterocycles. The molecule has 1 atom stereocenters. The number of phenolic OH excluding ortho intramolecular Hbond substituents is 1. The summed E-state index contributed by atoms with van der Waals surface area (Å²) < 4.78 is 12.4. The third-order valence-electron chi connectivity index (χ3n) is 5.70. The molecule has 1 aliphatic rings. The van der Waals surface area contributed by atoms with Gasteiger partial charge in [0.2, 0.25) is 5.88 Å². The predicted molar refractivity (Wildman–Crippen MR) is 130 cm³/mol. The van der Waals surface area contributed by atoms with Crippen LogP contribution in [0.25, 0.3) is 10.8 Å². The van der Waals surface area contributed by atoms with Gasteiger partial charge in [-0.2, -0.15) is 5.26 Å². The summed E-state index contributed by atoms with van der Waals surface area (Å²) in [5.41, 5.74) is 9.03. The first-order valence-corrected chi connectivity index (χ1v) is 11.1. The Labute approximate surface area is 199 Å². The Morgan fingerprint density at radius 2 is 1.82 bits per heavy atom. The topological polar surface area (TPSA) is 88.5 Å². The summed E-state index contributed by atoms with van der Waals surface area (Å²) in [5, 5.41) is 21.9. The summed E-state index contributed by atoms with van der Waals surface area (Å²) in [7, 11) is 0. The third-order valence-corrected chi connectivity index (χ3v) is 6.32. The van der Waals surface area contributed by atoms with E-state index in [1.807, 2.05) is 30.3 Å². The molecule has 0 spiro atoms. The number of halogens is 1. The van der Waals surface area contributed by atoms with Crippen molar-refractivity contribution in [3.63, 3.8) is 0 Å². The number of nitrogens with two attached hydrogens (primary N) is 1. The van der Waals surface area contributed by atoms with Gasteiger partial charge < -0.3 is 20.3 Å². The lowest BCUT2D eigenvalue weighted by Crippen LogP contribution is -2.21. The van der Waals surface area contributed by atoms with Crippen LogP contribution in [-0.2, 0) is 6.61 Å². The van der Waals surface area contributed by atoms with Crippen molar-refractivity contribution in [2.24, 2.45) is 5.73 Å². The molecule has 0 radical (unpaired) electrons. The molecule has 0 unspecified atom stereocenters. The summed E-state index contributed by atoms with van der Waals surface area (Å²) in [6, 6.07) is 27.2. The lowest BCUT2D eigenvalue weighted by Gasteiger charge is -2.26. The Kier molecular flexibility index (Phi) is 5.41. The maximum Gasteiger partial charge on any atom is 0.205 e. The summed E-state index contributed by atoms with van der Waals surface area (Å²) in [5.74, 6) is 0.822.